The zero-order chi connectivity index (χ0) is 11.5. The van der Waals surface area contributed by atoms with Crippen molar-refractivity contribution in [2.75, 3.05) is 12.8 Å². The second-order valence-electron chi connectivity index (χ2n) is 3.62. The van der Waals surface area contributed by atoms with E-state index >= 15 is 0 Å². The van der Waals surface area contributed by atoms with Crippen LogP contribution in [0.15, 0.2) is 36.5 Å². The molecule has 0 saturated carbocycles. The van der Waals surface area contributed by atoms with Crippen molar-refractivity contribution in [1.29, 1.82) is 0 Å². The molecule has 2 aromatic rings. The van der Waals surface area contributed by atoms with E-state index in [9.17, 15) is 0 Å². The lowest BCUT2D eigenvalue weighted by Gasteiger charge is -2.09. The molecule has 0 saturated heterocycles. The fourth-order valence-corrected chi connectivity index (χ4v) is 1.67. The number of methoxy groups -OCH3 is 1. The highest BCUT2D eigenvalue weighted by Gasteiger charge is 2.07. The van der Waals surface area contributed by atoms with Crippen LogP contribution in [0.4, 0.5) is 5.69 Å². The lowest BCUT2D eigenvalue weighted by atomic mass is 10.0. The Balaban J connectivity index is 2.53. The quantitative estimate of drug-likeness (QED) is 0.836. The maximum atomic E-state index is 5.90. The van der Waals surface area contributed by atoms with Gasteiger partial charge in [0.15, 0.2) is 0 Å². The van der Waals surface area contributed by atoms with Crippen molar-refractivity contribution in [3.8, 4) is 17.0 Å². The Bertz CT molecular complexity index is 509. The van der Waals surface area contributed by atoms with Crippen molar-refractivity contribution in [1.82, 2.24) is 4.98 Å². The molecule has 1 heterocycles. The van der Waals surface area contributed by atoms with Crippen molar-refractivity contribution in [3.05, 3.63) is 42.1 Å². The third-order valence-electron chi connectivity index (χ3n) is 2.53. The van der Waals surface area contributed by atoms with Crippen LogP contribution in [-0.2, 0) is 0 Å². The minimum absolute atomic E-state index is 0.691. The molecule has 0 atom stereocenters. The molecular weight excluding hydrogens is 200 g/mol. The second kappa shape index (κ2) is 4.23. The molecule has 2 rings (SSSR count). The maximum Gasteiger partial charge on any atom is 0.119 e. The standard InChI is InChI=1S/C13H14N2O/c1-9-8-10(16-2)5-6-11(9)13-12(14)4-3-7-15-13/h3-8H,14H2,1-2H3. The summed E-state index contributed by atoms with van der Waals surface area (Å²) >= 11 is 0. The lowest BCUT2D eigenvalue weighted by molar-refractivity contribution is 0.414. The molecule has 16 heavy (non-hydrogen) atoms. The number of rotatable bonds is 2. The van der Waals surface area contributed by atoms with Gasteiger partial charge in [-0.1, -0.05) is 0 Å². The van der Waals surface area contributed by atoms with Gasteiger partial charge in [-0.25, -0.2) is 0 Å². The molecule has 3 heteroatoms. The first-order valence-electron chi connectivity index (χ1n) is 5.08. The normalized spacial score (nSPS) is 10.1. The van der Waals surface area contributed by atoms with Crippen molar-refractivity contribution >= 4 is 5.69 Å². The first-order chi connectivity index (χ1) is 7.72. The lowest BCUT2D eigenvalue weighted by Crippen LogP contribution is -1.94. The van der Waals surface area contributed by atoms with Gasteiger partial charge in [0.1, 0.15) is 5.75 Å². The summed E-state index contributed by atoms with van der Waals surface area (Å²) in [5.41, 5.74) is 9.55. The maximum absolute atomic E-state index is 5.90. The number of nitrogens with two attached hydrogens (primary N) is 1. The summed E-state index contributed by atoms with van der Waals surface area (Å²) in [6.45, 7) is 2.02. The van der Waals surface area contributed by atoms with Crippen molar-refractivity contribution in [3.63, 3.8) is 0 Å². The molecule has 3 nitrogen and oxygen atoms in total. The van der Waals surface area contributed by atoms with Crippen LogP contribution < -0.4 is 10.5 Å². The zero-order valence-corrected chi connectivity index (χ0v) is 9.40. The third-order valence-corrected chi connectivity index (χ3v) is 2.53. The SMILES string of the molecule is COc1ccc(-c2ncccc2N)c(C)c1. The third kappa shape index (κ3) is 1.84. The number of ether oxygens (including phenoxy) is 1. The van der Waals surface area contributed by atoms with Gasteiger partial charge in [-0.05, 0) is 42.8 Å². The molecule has 0 aliphatic heterocycles. The summed E-state index contributed by atoms with van der Waals surface area (Å²) in [5.74, 6) is 0.843. The zero-order valence-electron chi connectivity index (χ0n) is 9.40. The predicted molar refractivity (Wildman–Crippen MR) is 65.4 cm³/mol. The van der Waals surface area contributed by atoms with E-state index in [2.05, 4.69) is 4.98 Å². The van der Waals surface area contributed by atoms with Gasteiger partial charge in [-0.2, -0.15) is 0 Å². The van der Waals surface area contributed by atoms with Crippen LogP contribution in [0.2, 0.25) is 0 Å². The molecule has 82 valence electrons. The van der Waals surface area contributed by atoms with E-state index in [1.807, 2.05) is 37.3 Å². The van der Waals surface area contributed by atoms with E-state index in [4.69, 9.17) is 10.5 Å². The van der Waals surface area contributed by atoms with E-state index < -0.39 is 0 Å². The highest BCUT2D eigenvalue weighted by atomic mass is 16.5. The minimum atomic E-state index is 0.691. The highest BCUT2D eigenvalue weighted by Crippen LogP contribution is 2.28. The smallest absolute Gasteiger partial charge is 0.119 e. The monoisotopic (exact) mass is 214 g/mol. The van der Waals surface area contributed by atoms with E-state index in [-0.39, 0.29) is 0 Å². The van der Waals surface area contributed by atoms with Crippen LogP contribution in [0, 0.1) is 6.92 Å². The molecule has 1 aromatic carbocycles. The van der Waals surface area contributed by atoms with Crippen LogP contribution in [0.25, 0.3) is 11.3 Å². The molecule has 2 N–H and O–H groups in total. The highest BCUT2D eigenvalue weighted by molar-refractivity contribution is 5.75. The molecule has 0 amide bonds. The first kappa shape index (κ1) is 10.5. The van der Waals surface area contributed by atoms with Gasteiger partial charge < -0.3 is 10.5 Å². The van der Waals surface area contributed by atoms with Gasteiger partial charge >= 0.3 is 0 Å². The van der Waals surface area contributed by atoms with Crippen molar-refractivity contribution in [2.45, 2.75) is 6.92 Å². The van der Waals surface area contributed by atoms with Gasteiger partial charge in [0.05, 0.1) is 18.5 Å². The number of nitrogens with zero attached hydrogens (tertiary/aromatic N) is 1. The number of pyridine rings is 1. The van der Waals surface area contributed by atoms with Crippen LogP contribution in [0.3, 0.4) is 0 Å². The molecule has 0 aliphatic rings. The Morgan fingerprint density at radius 3 is 2.69 bits per heavy atom. The Morgan fingerprint density at radius 1 is 1.25 bits per heavy atom. The predicted octanol–water partition coefficient (Wildman–Crippen LogP) is 2.65. The molecular formula is C13H14N2O. The average molecular weight is 214 g/mol. The van der Waals surface area contributed by atoms with Gasteiger partial charge in [-0.3, -0.25) is 4.98 Å². The fraction of sp³-hybridized carbons (Fsp3) is 0.154. The molecule has 0 unspecified atom stereocenters. The van der Waals surface area contributed by atoms with E-state index in [0.29, 0.717) is 5.69 Å². The Hall–Kier alpha value is -2.03. The second-order valence-corrected chi connectivity index (χ2v) is 3.62. The number of benzene rings is 1. The summed E-state index contributed by atoms with van der Waals surface area (Å²) in [6.07, 6.45) is 1.75. The van der Waals surface area contributed by atoms with Crippen LogP contribution in [-0.4, -0.2) is 12.1 Å². The first-order valence-corrected chi connectivity index (χ1v) is 5.08. The van der Waals surface area contributed by atoms with E-state index in [1.165, 1.54) is 0 Å². The molecule has 1 aromatic heterocycles. The van der Waals surface area contributed by atoms with Crippen molar-refractivity contribution in [2.24, 2.45) is 0 Å². The number of nitrogen functional groups attached to an aromatic ring is 1. The van der Waals surface area contributed by atoms with E-state index in [0.717, 1.165) is 22.6 Å². The summed E-state index contributed by atoms with van der Waals surface area (Å²) in [5, 5.41) is 0. The van der Waals surface area contributed by atoms with Gasteiger partial charge in [-0.15, -0.1) is 0 Å². The summed E-state index contributed by atoms with van der Waals surface area (Å²) in [6, 6.07) is 9.55. The Kier molecular flexibility index (Phi) is 2.77. The Morgan fingerprint density at radius 2 is 2.06 bits per heavy atom. The largest absolute Gasteiger partial charge is 0.497 e. The van der Waals surface area contributed by atoms with Crippen molar-refractivity contribution < 1.29 is 4.74 Å². The van der Waals surface area contributed by atoms with Crippen LogP contribution in [0.1, 0.15) is 5.56 Å². The van der Waals surface area contributed by atoms with Gasteiger partial charge in [0.25, 0.3) is 0 Å². The number of hydrogen-bond acceptors (Lipinski definition) is 3. The van der Waals surface area contributed by atoms with Crippen LogP contribution >= 0.6 is 0 Å². The number of hydrogen-bond donors (Lipinski definition) is 1. The average Bonchev–Trinajstić information content (AvgIpc) is 2.30. The number of aromatic nitrogens is 1. The summed E-state index contributed by atoms with van der Waals surface area (Å²) in [7, 11) is 1.66. The summed E-state index contributed by atoms with van der Waals surface area (Å²) < 4.78 is 5.16. The Labute approximate surface area is 94.9 Å². The number of aryl methyl sites for hydroxylation is 1. The molecule has 0 spiro atoms. The van der Waals surface area contributed by atoms with Crippen LogP contribution in [0.5, 0.6) is 5.75 Å². The number of anilines is 1. The van der Waals surface area contributed by atoms with E-state index in [1.54, 1.807) is 13.3 Å². The molecule has 0 bridgehead atoms. The molecule has 0 fully saturated rings. The molecule has 0 aliphatic carbocycles. The minimum Gasteiger partial charge on any atom is -0.497 e. The van der Waals surface area contributed by atoms with Gasteiger partial charge in [0, 0.05) is 11.8 Å². The molecule has 0 radical (unpaired) electrons. The fourth-order valence-electron chi connectivity index (χ4n) is 1.67. The topological polar surface area (TPSA) is 48.1 Å². The van der Waals surface area contributed by atoms with Gasteiger partial charge in [0.2, 0.25) is 0 Å². The summed E-state index contributed by atoms with van der Waals surface area (Å²) in [4.78, 5) is 4.30.